The highest BCUT2D eigenvalue weighted by Crippen LogP contribution is 2.53. The number of rotatable bonds is 4. The van der Waals surface area contributed by atoms with Crippen LogP contribution in [0.4, 0.5) is 28.2 Å². The molecular formula is C16H19F4N3O2. The van der Waals surface area contributed by atoms with Gasteiger partial charge in [0, 0.05) is 44.2 Å². The number of amides is 1. The fraction of sp³-hybridized carbons (Fsp3) is 0.750. The second kappa shape index (κ2) is 5.35. The highest BCUT2D eigenvalue weighted by Gasteiger charge is 2.50. The summed E-state index contributed by atoms with van der Waals surface area (Å²) in [5.74, 6) is -5.11. The van der Waals surface area contributed by atoms with Gasteiger partial charge in [-0.25, -0.2) is 22.4 Å². The molecule has 3 aliphatic carbocycles. The Labute approximate surface area is 141 Å². The zero-order valence-corrected chi connectivity index (χ0v) is 13.7. The zero-order chi connectivity index (χ0) is 18.0. The van der Waals surface area contributed by atoms with Gasteiger partial charge in [-0.3, -0.25) is 10.00 Å². The maximum absolute atomic E-state index is 13.2. The third-order valence-corrected chi connectivity index (χ3v) is 5.12. The van der Waals surface area contributed by atoms with Gasteiger partial charge in [0.25, 0.3) is 5.92 Å². The fourth-order valence-electron chi connectivity index (χ4n) is 3.61. The summed E-state index contributed by atoms with van der Waals surface area (Å²) < 4.78 is 58.5. The molecule has 138 valence electrons. The van der Waals surface area contributed by atoms with Gasteiger partial charge in [0.2, 0.25) is 5.92 Å². The highest BCUT2D eigenvalue weighted by molar-refractivity contribution is 5.85. The van der Waals surface area contributed by atoms with E-state index in [1.54, 1.807) is 7.05 Å². The van der Waals surface area contributed by atoms with Crippen LogP contribution in [0.3, 0.4) is 0 Å². The van der Waals surface area contributed by atoms with Crippen molar-refractivity contribution in [3.05, 3.63) is 11.3 Å². The molecule has 3 fully saturated rings. The molecule has 0 radical (unpaired) electrons. The van der Waals surface area contributed by atoms with Gasteiger partial charge < -0.3 is 4.74 Å². The number of alkyl halides is 4. The number of nitrogens with one attached hydrogen (secondary N) is 1. The van der Waals surface area contributed by atoms with Crippen molar-refractivity contribution >= 4 is 11.9 Å². The fourth-order valence-corrected chi connectivity index (χ4v) is 3.61. The summed E-state index contributed by atoms with van der Waals surface area (Å²) in [4.78, 5) is 12.0. The Morgan fingerprint density at radius 2 is 1.72 bits per heavy atom. The Hall–Kier alpha value is -1.80. The first-order valence-electron chi connectivity index (χ1n) is 8.44. The number of nitrogens with zero attached hydrogens (tertiary/aromatic N) is 2. The van der Waals surface area contributed by atoms with E-state index in [0.717, 1.165) is 18.4 Å². The SMILES string of the molecule is Cn1nc(C2CC(F)(F)C2)c(C2CC2)c1NC(=O)OC1CC(F)(F)C1. The van der Waals surface area contributed by atoms with Gasteiger partial charge in [-0.05, 0) is 18.8 Å². The van der Waals surface area contributed by atoms with E-state index >= 15 is 0 Å². The van der Waals surface area contributed by atoms with Crippen molar-refractivity contribution in [1.29, 1.82) is 0 Å². The third kappa shape index (κ3) is 3.20. The van der Waals surface area contributed by atoms with E-state index in [1.807, 2.05) is 0 Å². The monoisotopic (exact) mass is 361 g/mol. The Kier molecular flexibility index (Phi) is 3.56. The van der Waals surface area contributed by atoms with E-state index in [-0.39, 0.29) is 24.7 Å². The minimum atomic E-state index is -2.76. The van der Waals surface area contributed by atoms with Crippen molar-refractivity contribution in [1.82, 2.24) is 9.78 Å². The molecule has 0 aliphatic heterocycles. The van der Waals surface area contributed by atoms with Crippen LogP contribution in [0, 0.1) is 0 Å². The summed E-state index contributed by atoms with van der Waals surface area (Å²) in [5, 5.41) is 6.92. The molecular weight excluding hydrogens is 342 g/mol. The zero-order valence-electron chi connectivity index (χ0n) is 13.7. The summed E-state index contributed by atoms with van der Waals surface area (Å²) in [6.07, 6.45) is -1.17. The summed E-state index contributed by atoms with van der Waals surface area (Å²) in [6.45, 7) is 0. The summed E-state index contributed by atoms with van der Waals surface area (Å²) in [6, 6.07) is 0. The smallest absolute Gasteiger partial charge is 0.413 e. The number of aryl methyl sites for hydroxylation is 1. The van der Waals surface area contributed by atoms with Crippen LogP contribution in [0.15, 0.2) is 0 Å². The molecule has 0 aromatic carbocycles. The molecule has 3 saturated carbocycles. The quantitative estimate of drug-likeness (QED) is 0.820. The van der Waals surface area contributed by atoms with Gasteiger partial charge in [-0.2, -0.15) is 5.10 Å². The van der Waals surface area contributed by atoms with Gasteiger partial charge in [0.05, 0.1) is 5.69 Å². The second-order valence-corrected chi connectivity index (χ2v) is 7.42. The van der Waals surface area contributed by atoms with Crippen molar-refractivity contribution in [3.63, 3.8) is 0 Å². The van der Waals surface area contributed by atoms with Crippen LogP contribution in [-0.2, 0) is 11.8 Å². The van der Waals surface area contributed by atoms with E-state index in [2.05, 4.69) is 10.4 Å². The van der Waals surface area contributed by atoms with Gasteiger partial charge in [0.1, 0.15) is 11.9 Å². The van der Waals surface area contributed by atoms with Crippen LogP contribution >= 0.6 is 0 Å². The minimum Gasteiger partial charge on any atom is -0.445 e. The number of hydrogen-bond acceptors (Lipinski definition) is 3. The van der Waals surface area contributed by atoms with Crippen molar-refractivity contribution in [2.24, 2.45) is 7.05 Å². The molecule has 0 spiro atoms. The lowest BCUT2D eigenvalue weighted by atomic mass is 9.77. The average molecular weight is 361 g/mol. The first-order chi connectivity index (χ1) is 11.6. The molecule has 1 amide bonds. The standard InChI is InChI=1S/C16H19F4N3O2/c1-23-13(21-14(24)25-10-6-16(19,20)7-10)11(8-2-3-8)12(22-23)9-4-15(17,18)5-9/h8-10H,2-7H2,1H3,(H,21,24). The Bertz CT molecular complexity index is 698. The maximum atomic E-state index is 13.2. The second-order valence-electron chi connectivity index (χ2n) is 7.42. The lowest BCUT2D eigenvalue weighted by Crippen LogP contribution is -2.43. The van der Waals surface area contributed by atoms with Crippen LogP contribution in [-0.4, -0.2) is 33.8 Å². The lowest BCUT2D eigenvalue weighted by Gasteiger charge is -2.34. The molecule has 5 nitrogen and oxygen atoms in total. The molecule has 3 aliphatic rings. The molecule has 25 heavy (non-hydrogen) atoms. The Balaban J connectivity index is 1.48. The van der Waals surface area contributed by atoms with Crippen LogP contribution in [0.5, 0.6) is 0 Å². The van der Waals surface area contributed by atoms with Gasteiger partial charge in [0.15, 0.2) is 0 Å². The van der Waals surface area contributed by atoms with Crippen molar-refractivity contribution < 1.29 is 27.1 Å². The molecule has 0 saturated heterocycles. The molecule has 9 heteroatoms. The molecule has 1 aromatic rings. The summed E-state index contributed by atoms with van der Waals surface area (Å²) in [7, 11) is 1.62. The molecule has 1 heterocycles. The number of anilines is 1. The lowest BCUT2D eigenvalue weighted by molar-refractivity contribution is -0.142. The number of carbonyl (C=O) groups is 1. The van der Waals surface area contributed by atoms with E-state index in [9.17, 15) is 22.4 Å². The Morgan fingerprint density at radius 1 is 1.12 bits per heavy atom. The topological polar surface area (TPSA) is 56.2 Å². The predicted molar refractivity (Wildman–Crippen MR) is 80.2 cm³/mol. The van der Waals surface area contributed by atoms with Gasteiger partial charge in [-0.1, -0.05) is 0 Å². The number of aromatic nitrogens is 2. The minimum absolute atomic E-state index is 0.196. The van der Waals surface area contributed by atoms with E-state index in [4.69, 9.17) is 4.74 Å². The Morgan fingerprint density at radius 3 is 2.24 bits per heavy atom. The molecule has 1 N–H and O–H groups in total. The maximum Gasteiger partial charge on any atom is 0.413 e. The molecule has 0 atom stereocenters. The largest absolute Gasteiger partial charge is 0.445 e. The third-order valence-electron chi connectivity index (χ3n) is 5.12. The molecule has 4 rings (SSSR count). The van der Waals surface area contributed by atoms with Crippen LogP contribution < -0.4 is 5.32 Å². The predicted octanol–water partition coefficient (Wildman–Crippen LogP) is 4.16. The first-order valence-corrected chi connectivity index (χ1v) is 8.44. The average Bonchev–Trinajstić information content (AvgIpc) is 3.20. The summed E-state index contributed by atoms with van der Waals surface area (Å²) in [5.41, 5.74) is 1.40. The van der Waals surface area contributed by atoms with Crippen LogP contribution in [0.2, 0.25) is 0 Å². The van der Waals surface area contributed by atoms with Crippen LogP contribution in [0.1, 0.15) is 61.6 Å². The van der Waals surface area contributed by atoms with Crippen LogP contribution in [0.25, 0.3) is 0 Å². The molecule has 0 bridgehead atoms. The van der Waals surface area contributed by atoms with Gasteiger partial charge in [-0.15, -0.1) is 0 Å². The first kappa shape index (κ1) is 16.7. The van der Waals surface area contributed by atoms with Crippen molar-refractivity contribution in [2.75, 3.05) is 5.32 Å². The highest BCUT2D eigenvalue weighted by atomic mass is 19.3. The number of halogens is 4. The summed E-state index contributed by atoms with van der Waals surface area (Å²) >= 11 is 0. The van der Waals surface area contributed by atoms with E-state index in [0.29, 0.717) is 11.5 Å². The normalized spacial score (nSPS) is 25.2. The number of ether oxygens (including phenoxy) is 1. The van der Waals surface area contributed by atoms with Crippen molar-refractivity contribution in [3.8, 4) is 0 Å². The molecule has 1 aromatic heterocycles. The number of carbonyl (C=O) groups excluding carboxylic acids is 1. The van der Waals surface area contributed by atoms with Gasteiger partial charge >= 0.3 is 6.09 Å². The molecule has 0 unspecified atom stereocenters. The van der Waals surface area contributed by atoms with E-state index < -0.39 is 36.9 Å². The van der Waals surface area contributed by atoms with Crippen molar-refractivity contribution in [2.45, 2.75) is 68.3 Å². The van der Waals surface area contributed by atoms with E-state index in [1.165, 1.54) is 4.68 Å². The number of hydrogen-bond donors (Lipinski definition) is 1.